The van der Waals surface area contributed by atoms with Crippen LogP contribution in [-0.2, 0) is 25.9 Å². The molecule has 0 radical (unpaired) electrons. The number of carbonyl (C=O) groups excluding carboxylic acids is 2. The van der Waals surface area contributed by atoms with E-state index in [1.54, 1.807) is 9.36 Å². The minimum absolute atomic E-state index is 0.137. The molecule has 0 N–H and O–H groups in total. The Bertz CT molecular complexity index is 1400. The number of carbonyl (C=O) groups is 2. The van der Waals surface area contributed by atoms with E-state index in [9.17, 15) is 9.59 Å². The van der Waals surface area contributed by atoms with Crippen molar-refractivity contribution in [3.63, 3.8) is 0 Å². The first-order chi connectivity index (χ1) is 21.7. The van der Waals surface area contributed by atoms with Crippen LogP contribution in [0, 0.1) is 0 Å². The molecule has 2 fully saturated rings. The van der Waals surface area contributed by atoms with Crippen molar-refractivity contribution in [1.82, 2.24) is 39.8 Å². The van der Waals surface area contributed by atoms with Gasteiger partial charge < -0.3 is 9.80 Å². The average molecular weight is 595 g/mol. The molecular formula is C34H42N8O2. The van der Waals surface area contributed by atoms with E-state index in [-0.39, 0.29) is 23.2 Å². The Morgan fingerprint density at radius 2 is 0.932 bits per heavy atom. The highest BCUT2D eigenvalue weighted by molar-refractivity contribution is 6.02. The van der Waals surface area contributed by atoms with Crippen LogP contribution in [0.15, 0.2) is 60.7 Å². The van der Waals surface area contributed by atoms with Gasteiger partial charge in [-0.25, -0.2) is 9.36 Å². The van der Waals surface area contributed by atoms with Crippen molar-refractivity contribution in [2.75, 3.05) is 26.2 Å². The zero-order valence-corrected chi connectivity index (χ0v) is 25.5. The Hall–Kier alpha value is -4.34. The summed E-state index contributed by atoms with van der Waals surface area (Å²) in [6, 6.07) is 20.7. The van der Waals surface area contributed by atoms with Gasteiger partial charge in [-0.2, -0.15) is 0 Å². The van der Waals surface area contributed by atoms with Gasteiger partial charge in [0.2, 0.25) is 0 Å². The van der Waals surface area contributed by atoms with Crippen molar-refractivity contribution in [2.24, 2.45) is 0 Å². The predicted molar refractivity (Wildman–Crippen MR) is 168 cm³/mol. The van der Waals surface area contributed by atoms with E-state index < -0.39 is 0 Å². The highest BCUT2D eigenvalue weighted by atomic mass is 16.2. The van der Waals surface area contributed by atoms with Gasteiger partial charge in [-0.1, -0.05) is 71.1 Å². The molecule has 4 heterocycles. The molecule has 44 heavy (non-hydrogen) atoms. The Morgan fingerprint density at radius 3 is 1.32 bits per heavy atom. The van der Waals surface area contributed by atoms with Crippen LogP contribution in [-0.4, -0.2) is 77.8 Å². The fraction of sp³-hybridized carbons (Fsp3) is 0.471. The normalized spacial score (nSPS) is 15.5. The van der Waals surface area contributed by atoms with Crippen molar-refractivity contribution >= 4 is 11.8 Å². The molecule has 6 rings (SSSR count). The molecule has 0 spiro atoms. The highest BCUT2D eigenvalue weighted by Crippen LogP contribution is 2.29. The molecule has 0 saturated carbocycles. The second kappa shape index (κ2) is 14.4. The van der Waals surface area contributed by atoms with Crippen LogP contribution in [0.5, 0.6) is 0 Å². The van der Waals surface area contributed by atoms with Gasteiger partial charge in [-0.05, 0) is 75.3 Å². The highest BCUT2D eigenvalue weighted by Gasteiger charge is 2.34. The molecule has 0 bridgehead atoms. The lowest BCUT2D eigenvalue weighted by molar-refractivity contribution is 0.0709. The number of benzene rings is 2. The van der Waals surface area contributed by atoms with E-state index in [0.29, 0.717) is 50.7 Å². The summed E-state index contributed by atoms with van der Waals surface area (Å²) in [5.74, 6) is -0.273. The quantitative estimate of drug-likeness (QED) is 0.241. The maximum absolute atomic E-state index is 14.0. The fourth-order valence-corrected chi connectivity index (χ4v) is 6.34. The third-order valence-corrected chi connectivity index (χ3v) is 8.74. The molecule has 4 aromatic rings. The van der Waals surface area contributed by atoms with Gasteiger partial charge in [0, 0.05) is 39.3 Å². The summed E-state index contributed by atoms with van der Waals surface area (Å²) in [4.78, 5) is 31.7. The molecule has 230 valence electrons. The number of hydrogen-bond acceptors (Lipinski definition) is 6. The van der Waals surface area contributed by atoms with Gasteiger partial charge in [0.1, 0.15) is 11.4 Å². The van der Waals surface area contributed by atoms with Gasteiger partial charge in [0.25, 0.3) is 11.8 Å². The van der Waals surface area contributed by atoms with Crippen LogP contribution < -0.4 is 0 Å². The molecule has 2 aromatic carbocycles. The molecule has 2 amide bonds. The van der Waals surface area contributed by atoms with E-state index in [4.69, 9.17) is 0 Å². The summed E-state index contributed by atoms with van der Waals surface area (Å²) in [5, 5.41) is 18.0. The molecule has 2 aliphatic heterocycles. The molecule has 0 aliphatic carbocycles. The van der Waals surface area contributed by atoms with Crippen LogP contribution in [0.2, 0.25) is 0 Å². The maximum Gasteiger partial charge on any atom is 0.276 e. The smallest absolute Gasteiger partial charge is 0.276 e. The summed E-state index contributed by atoms with van der Waals surface area (Å²) in [6.45, 7) is 3.91. The van der Waals surface area contributed by atoms with E-state index >= 15 is 0 Å². The summed E-state index contributed by atoms with van der Waals surface area (Å²) >= 11 is 0. The number of aromatic nitrogens is 6. The van der Waals surface area contributed by atoms with E-state index in [0.717, 1.165) is 64.2 Å². The lowest BCUT2D eigenvalue weighted by atomic mass is 10.1. The van der Waals surface area contributed by atoms with Crippen LogP contribution in [0.4, 0.5) is 0 Å². The van der Waals surface area contributed by atoms with Crippen LogP contribution in [0.3, 0.4) is 0 Å². The van der Waals surface area contributed by atoms with E-state index in [2.05, 4.69) is 44.9 Å². The third kappa shape index (κ3) is 6.90. The molecule has 2 saturated heterocycles. The van der Waals surface area contributed by atoms with Crippen molar-refractivity contribution in [3.05, 3.63) is 83.2 Å². The second-order valence-electron chi connectivity index (χ2n) is 11.9. The number of nitrogens with zero attached hydrogens (tertiary/aromatic N) is 8. The first-order valence-electron chi connectivity index (χ1n) is 16.2. The Balaban J connectivity index is 1.37. The topological polar surface area (TPSA) is 102 Å². The van der Waals surface area contributed by atoms with Crippen LogP contribution in [0.1, 0.15) is 83.5 Å². The summed E-state index contributed by atoms with van der Waals surface area (Å²) < 4.78 is 3.61. The molecule has 2 aliphatic rings. The van der Waals surface area contributed by atoms with Gasteiger partial charge in [-0.3, -0.25) is 9.59 Å². The zero-order valence-electron chi connectivity index (χ0n) is 25.5. The van der Waals surface area contributed by atoms with Crippen LogP contribution >= 0.6 is 0 Å². The number of amides is 2. The fourth-order valence-electron chi connectivity index (χ4n) is 6.34. The van der Waals surface area contributed by atoms with Gasteiger partial charge >= 0.3 is 0 Å². The maximum atomic E-state index is 14.0. The summed E-state index contributed by atoms with van der Waals surface area (Å²) in [5.41, 5.74) is 4.16. The minimum Gasteiger partial charge on any atom is -0.337 e. The number of hydrogen-bond donors (Lipinski definition) is 0. The number of aryl methyl sites for hydroxylation is 4. The summed E-state index contributed by atoms with van der Waals surface area (Å²) in [6.07, 6.45) is 9.49. The first kappa shape index (κ1) is 29.7. The van der Waals surface area contributed by atoms with Crippen molar-refractivity contribution < 1.29 is 9.59 Å². The summed E-state index contributed by atoms with van der Waals surface area (Å²) in [7, 11) is 0. The van der Waals surface area contributed by atoms with Gasteiger partial charge in [0.15, 0.2) is 11.4 Å². The molecular weight excluding hydrogens is 552 g/mol. The number of likely N-dealkylation sites (tertiary alicyclic amines) is 2. The average Bonchev–Trinajstić information content (AvgIpc) is 3.69. The Labute approximate surface area is 259 Å². The monoisotopic (exact) mass is 594 g/mol. The van der Waals surface area contributed by atoms with Crippen molar-refractivity contribution in [2.45, 2.75) is 77.3 Å². The largest absolute Gasteiger partial charge is 0.337 e. The molecule has 2 aromatic heterocycles. The van der Waals surface area contributed by atoms with Gasteiger partial charge in [0.05, 0.1) is 0 Å². The number of piperidine rings is 2. The first-order valence-corrected chi connectivity index (χ1v) is 16.2. The molecule has 0 unspecified atom stereocenters. The van der Waals surface area contributed by atoms with Crippen molar-refractivity contribution in [1.29, 1.82) is 0 Å². The molecule has 10 heteroatoms. The lowest BCUT2D eigenvalue weighted by Gasteiger charge is -2.27. The minimum atomic E-state index is -0.137. The van der Waals surface area contributed by atoms with Crippen molar-refractivity contribution in [3.8, 4) is 11.4 Å². The number of rotatable bonds is 11. The van der Waals surface area contributed by atoms with E-state index in [1.807, 2.05) is 46.2 Å². The lowest BCUT2D eigenvalue weighted by Crippen LogP contribution is -2.37. The standard InChI is InChI=1S/C34H42N8O2/c43-33(39-21-9-3-10-22-39)29-31(41(37-35-29)25-13-19-27-15-5-1-6-16-27)32-30(34(44)40-23-11-4-12-24-40)36-38-42(32)26-14-20-28-17-7-2-8-18-28/h1-2,5-8,15-18H,3-4,9-14,19-26H2. The van der Waals surface area contributed by atoms with Gasteiger partial charge in [-0.15, -0.1) is 10.2 Å². The second-order valence-corrected chi connectivity index (χ2v) is 11.9. The van der Waals surface area contributed by atoms with Crippen LogP contribution in [0.25, 0.3) is 11.4 Å². The van der Waals surface area contributed by atoms with E-state index in [1.165, 1.54) is 11.1 Å². The molecule has 10 nitrogen and oxygen atoms in total. The molecule has 0 atom stereocenters. The Kier molecular flexibility index (Phi) is 9.74. The Morgan fingerprint density at radius 1 is 0.545 bits per heavy atom. The third-order valence-electron chi connectivity index (χ3n) is 8.74. The zero-order chi connectivity index (χ0) is 30.1. The predicted octanol–water partition coefficient (Wildman–Crippen LogP) is 5.05. The SMILES string of the molecule is O=C(c1nnn(CCCc2ccccc2)c1-c1c(C(=O)N2CCCCC2)nnn1CCCc1ccccc1)N1CCCCC1.